The molecule has 1 nitrogen and oxygen atoms in total. The first-order chi connectivity index (χ1) is 4.91. The molecule has 0 bridgehead atoms. The molecular formula is C9H19N. The molecule has 1 heteroatoms. The maximum absolute atomic E-state index is 3.24. The Morgan fingerprint density at radius 2 is 2.00 bits per heavy atom. The van der Waals surface area contributed by atoms with Crippen LogP contribution in [-0.4, -0.2) is 6.54 Å². The third-order valence-corrected chi connectivity index (χ3v) is 1.37. The van der Waals surface area contributed by atoms with Crippen molar-refractivity contribution in [1.82, 2.24) is 5.32 Å². The maximum atomic E-state index is 3.24. The standard InChI is InChI=1S/C9H19N/c1-3-5-7-9-10-8-6-4-2/h7,9-10H,3-6,8H2,1-2H3. The molecule has 0 rings (SSSR count). The molecule has 0 atom stereocenters. The fourth-order valence-corrected chi connectivity index (χ4v) is 0.696. The van der Waals surface area contributed by atoms with Crippen LogP contribution < -0.4 is 5.32 Å². The van der Waals surface area contributed by atoms with E-state index in [0.29, 0.717) is 0 Å². The number of hydrogen-bond acceptors (Lipinski definition) is 1. The van der Waals surface area contributed by atoms with Gasteiger partial charge >= 0.3 is 0 Å². The molecule has 0 aliphatic carbocycles. The minimum Gasteiger partial charge on any atom is -0.391 e. The molecule has 0 aromatic rings. The summed E-state index contributed by atoms with van der Waals surface area (Å²) in [5.41, 5.74) is 0. The van der Waals surface area contributed by atoms with Crippen molar-refractivity contribution in [2.24, 2.45) is 0 Å². The molecule has 0 amide bonds. The fourth-order valence-electron chi connectivity index (χ4n) is 0.696. The third kappa shape index (κ3) is 7.54. The molecule has 0 aliphatic rings. The van der Waals surface area contributed by atoms with Gasteiger partial charge in [-0.2, -0.15) is 0 Å². The van der Waals surface area contributed by atoms with Crippen LogP contribution >= 0.6 is 0 Å². The van der Waals surface area contributed by atoms with Gasteiger partial charge in [0.15, 0.2) is 0 Å². The average molecular weight is 141 g/mol. The Labute approximate surface area is 64.5 Å². The molecule has 0 aliphatic heterocycles. The maximum Gasteiger partial charge on any atom is 0.0141 e. The van der Waals surface area contributed by atoms with E-state index < -0.39 is 0 Å². The second-order valence-corrected chi connectivity index (χ2v) is 2.50. The Bertz CT molecular complexity index is 76.8. The lowest BCUT2D eigenvalue weighted by molar-refractivity contribution is 0.732. The highest BCUT2D eigenvalue weighted by atomic mass is 14.8. The molecule has 0 saturated carbocycles. The highest BCUT2D eigenvalue weighted by Crippen LogP contribution is 1.87. The number of nitrogens with one attached hydrogen (secondary N) is 1. The van der Waals surface area contributed by atoms with Crippen LogP contribution in [0.4, 0.5) is 0 Å². The first-order valence-electron chi connectivity index (χ1n) is 4.30. The fraction of sp³-hybridized carbons (Fsp3) is 0.778. The predicted octanol–water partition coefficient (Wildman–Crippen LogP) is 2.69. The van der Waals surface area contributed by atoms with Gasteiger partial charge in [-0.05, 0) is 19.0 Å². The first kappa shape index (κ1) is 9.54. The quantitative estimate of drug-likeness (QED) is 0.561. The van der Waals surface area contributed by atoms with Crippen molar-refractivity contribution in [1.29, 1.82) is 0 Å². The van der Waals surface area contributed by atoms with Gasteiger partial charge in [0.2, 0.25) is 0 Å². The van der Waals surface area contributed by atoms with E-state index in [4.69, 9.17) is 0 Å². The van der Waals surface area contributed by atoms with Gasteiger partial charge in [0, 0.05) is 6.54 Å². The van der Waals surface area contributed by atoms with E-state index in [1.54, 1.807) is 0 Å². The van der Waals surface area contributed by atoms with Crippen molar-refractivity contribution in [3.63, 3.8) is 0 Å². The highest BCUT2D eigenvalue weighted by molar-refractivity contribution is 4.78. The second-order valence-electron chi connectivity index (χ2n) is 2.50. The molecule has 0 saturated heterocycles. The SMILES string of the molecule is CCCC=CNCCCC. The van der Waals surface area contributed by atoms with E-state index in [2.05, 4.69) is 31.4 Å². The minimum atomic E-state index is 1.12. The normalized spacial score (nSPS) is 10.6. The molecule has 0 heterocycles. The van der Waals surface area contributed by atoms with Crippen molar-refractivity contribution < 1.29 is 0 Å². The summed E-state index contributed by atoms with van der Waals surface area (Å²) in [6.45, 7) is 5.52. The van der Waals surface area contributed by atoms with Crippen LogP contribution in [0, 0.1) is 0 Å². The highest BCUT2D eigenvalue weighted by Gasteiger charge is 1.77. The summed E-state index contributed by atoms with van der Waals surface area (Å²) in [5, 5.41) is 3.24. The summed E-state index contributed by atoms with van der Waals surface area (Å²) < 4.78 is 0. The summed E-state index contributed by atoms with van der Waals surface area (Å²) in [6, 6.07) is 0. The average Bonchev–Trinajstić information content (AvgIpc) is 1.97. The molecule has 0 unspecified atom stereocenters. The molecule has 60 valence electrons. The molecule has 0 aromatic heterocycles. The molecule has 1 N–H and O–H groups in total. The van der Waals surface area contributed by atoms with Crippen molar-refractivity contribution in [3.8, 4) is 0 Å². The Morgan fingerprint density at radius 3 is 2.60 bits per heavy atom. The topological polar surface area (TPSA) is 12.0 Å². The van der Waals surface area contributed by atoms with Gasteiger partial charge in [-0.1, -0.05) is 32.8 Å². The summed E-state index contributed by atoms with van der Waals surface area (Å²) in [7, 11) is 0. The van der Waals surface area contributed by atoms with Crippen LogP contribution in [0.2, 0.25) is 0 Å². The van der Waals surface area contributed by atoms with Crippen LogP contribution in [-0.2, 0) is 0 Å². The molecular weight excluding hydrogens is 122 g/mol. The van der Waals surface area contributed by atoms with Crippen molar-refractivity contribution in [2.45, 2.75) is 39.5 Å². The Hall–Kier alpha value is -0.460. The molecule has 0 fully saturated rings. The van der Waals surface area contributed by atoms with Gasteiger partial charge in [0.25, 0.3) is 0 Å². The van der Waals surface area contributed by atoms with Crippen LogP contribution in [0.3, 0.4) is 0 Å². The van der Waals surface area contributed by atoms with Crippen molar-refractivity contribution in [2.75, 3.05) is 6.54 Å². The van der Waals surface area contributed by atoms with Gasteiger partial charge < -0.3 is 5.32 Å². The number of unbranched alkanes of at least 4 members (excludes halogenated alkanes) is 2. The van der Waals surface area contributed by atoms with Gasteiger partial charge in [-0.15, -0.1) is 0 Å². The molecule has 0 radical (unpaired) electrons. The molecule has 10 heavy (non-hydrogen) atoms. The zero-order valence-corrected chi connectivity index (χ0v) is 7.19. The lowest BCUT2D eigenvalue weighted by Crippen LogP contribution is -2.05. The summed E-state index contributed by atoms with van der Waals surface area (Å²) in [4.78, 5) is 0. The third-order valence-electron chi connectivity index (χ3n) is 1.37. The van der Waals surface area contributed by atoms with E-state index >= 15 is 0 Å². The lowest BCUT2D eigenvalue weighted by atomic mass is 10.3. The van der Waals surface area contributed by atoms with E-state index in [1.165, 1.54) is 25.7 Å². The van der Waals surface area contributed by atoms with E-state index in [0.717, 1.165) is 6.54 Å². The van der Waals surface area contributed by atoms with E-state index in [-0.39, 0.29) is 0 Å². The van der Waals surface area contributed by atoms with E-state index in [9.17, 15) is 0 Å². The van der Waals surface area contributed by atoms with Gasteiger partial charge in [-0.3, -0.25) is 0 Å². The van der Waals surface area contributed by atoms with Gasteiger partial charge in [0.1, 0.15) is 0 Å². The first-order valence-corrected chi connectivity index (χ1v) is 4.30. The number of rotatable bonds is 6. The predicted molar refractivity (Wildman–Crippen MR) is 47.0 cm³/mol. The van der Waals surface area contributed by atoms with Crippen molar-refractivity contribution >= 4 is 0 Å². The Kier molecular flexibility index (Phi) is 8.15. The zero-order chi connectivity index (χ0) is 7.66. The Morgan fingerprint density at radius 1 is 1.20 bits per heavy atom. The minimum absolute atomic E-state index is 1.12. The zero-order valence-electron chi connectivity index (χ0n) is 7.19. The monoisotopic (exact) mass is 141 g/mol. The molecule has 0 spiro atoms. The largest absolute Gasteiger partial charge is 0.391 e. The molecule has 0 aromatic carbocycles. The Balaban J connectivity index is 2.88. The summed E-state index contributed by atoms with van der Waals surface area (Å²) >= 11 is 0. The van der Waals surface area contributed by atoms with Crippen LogP contribution in [0.5, 0.6) is 0 Å². The summed E-state index contributed by atoms with van der Waals surface area (Å²) in [5.74, 6) is 0. The summed E-state index contributed by atoms with van der Waals surface area (Å²) in [6.07, 6.45) is 9.24. The lowest BCUT2D eigenvalue weighted by Gasteiger charge is -1.95. The van der Waals surface area contributed by atoms with Crippen LogP contribution in [0.1, 0.15) is 39.5 Å². The van der Waals surface area contributed by atoms with Gasteiger partial charge in [0.05, 0.1) is 0 Å². The van der Waals surface area contributed by atoms with Crippen LogP contribution in [0.25, 0.3) is 0 Å². The van der Waals surface area contributed by atoms with Crippen LogP contribution in [0.15, 0.2) is 12.3 Å². The van der Waals surface area contributed by atoms with E-state index in [1.807, 2.05) is 0 Å². The van der Waals surface area contributed by atoms with Gasteiger partial charge in [-0.25, -0.2) is 0 Å². The van der Waals surface area contributed by atoms with Crippen molar-refractivity contribution in [3.05, 3.63) is 12.3 Å². The number of hydrogen-bond donors (Lipinski definition) is 1. The number of allylic oxidation sites excluding steroid dienone is 1. The smallest absolute Gasteiger partial charge is 0.0141 e. The second kappa shape index (κ2) is 8.54.